The van der Waals surface area contributed by atoms with Crippen molar-refractivity contribution in [2.45, 2.75) is 39.0 Å². The van der Waals surface area contributed by atoms with Gasteiger partial charge in [0.25, 0.3) is 5.78 Å². The number of anilines is 1. The minimum Gasteiger partial charge on any atom is -0.356 e. The van der Waals surface area contributed by atoms with Crippen LogP contribution in [-0.4, -0.2) is 32.7 Å². The Hall–Kier alpha value is -1.65. The third-order valence-corrected chi connectivity index (χ3v) is 4.38. The molecule has 5 nitrogen and oxygen atoms in total. The number of hydrogen-bond donors (Lipinski definition) is 0. The highest BCUT2D eigenvalue weighted by Crippen LogP contribution is 2.32. The standard InChI is InChI=1S/C14H19N5/c1-10-4-3-7-18(8-10)13-11-5-2-6-12(11)17-14-15-9-16-19(13)14/h9-10H,2-8H2,1H3/t10-/m1/s1. The molecule has 0 amide bonds. The number of hydrogen-bond acceptors (Lipinski definition) is 4. The average Bonchev–Trinajstić information content (AvgIpc) is 3.03. The van der Waals surface area contributed by atoms with E-state index in [0.717, 1.165) is 37.6 Å². The Balaban J connectivity index is 1.89. The van der Waals surface area contributed by atoms with E-state index in [-0.39, 0.29) is 0 Å². The van der Waals surface area contributed by atoms with Gasteiger partial charge < -0.3 is 4.90 Å². The zero-order valence-corrected chi connectivity index (χ0v) is 11.3. The molecule has 2 aromatic rings. The van der Waals surface area contributed by atoms with E-state index in [0.29, 0.717) is 0 Å². The fourth-order valence-corrected chi connectivity index (χ4v) is 3.51. The lowest BCUT2D eigenvalue weighted by Gasteiger charge is -2.33. The molecule has 4 rings (SSSR count). The van der Waals surface area contributed by atoms with E-state index in [9.17, 15) is 0 Å². The Morgan fingerprint density at radius 3 is 3.11 bits per heavy atom. The molecule has 1 atom stereocenters. The van der Waals surface area contributed by atoms with Crippen molar-refractivity contribution in [1.82, 2.24) is 19.6 Å². The first-order valence-corrected chi connectivity index (χ1v) is 7.29. The molecule has 0 bridgehead atoms. The van der Waals surface area contributed by atoms with Crippen molar-refractivity contribution < 1.29 is 0 Å². The molecule has 5 heteroatoms. The van der Waals surface area contributed by atoms with Gasteiger partial charge in [0.2, 0.25) is 0 Å². The maximum absolute atomic E-state index is 4.65. The van der Waals surface area contributed by atoms with Gasteiger partial charge in [0.1, 0.15) is 12.1 Å². The number of aryl methyl sites for hydroxylation is 1. The highest BCUT2D eigenvalue weighted by Gasteiger charge is 2.27. The molecule has 0 unspecified atom stereocenters. The summed E-state index contributed by atoms with van der Waals surface area (Å²) < 4.78 is 1.95. The monoisotopic (exact) mass is 257 g/mol. The first kappa shape index (κ1) is 11.2. The molecule has 0 radical (unpaired) electrons. The lowest BCUT2D eigenvalue weighted by Crippen LogP contribution is -2.36. The highest BCUT2D eigenvalue weighted by atomic mass is 15.4. The van der Waals surface area contributed by atoms with Crippen molar-refractivity contribution in [3.05, 3.63) is 17.6 Å². The van der Waals surface area contributed by atoms with Gasteiger partial charge in [-0.05, 0) is 38.0 Å². The summed E-state index contributed by atoms with van der Waals surface area (Å²) in [4.78, 5) is 11.4. The van der Waals surface area contributed by atoms with Crippen molar-refractivity contribution >= 4 is 11.6 Å². The molecule has 0 saturated carbocycles. The van der Waals surface area contributed by atoms with E-state index in [1.807, 2.05) is 4.52 Å². The first-order chi connectivity index (χ1) is 9.33. The van der Waals surface area contributed by atoms with Gasteiger partial charge in [-0.15, -0.1) is 0 Å². The van der Waals surface area contributed by atoms with Crippen LogP contribution in [0, 0.1) is 5.92 Å². The molecule has 100 valence electrons. The van der Waals surface area contributed by atoms with Crippen LogP contribution in [0.4, 0.5) is 5.82 Å². The van der Waals surface area contributed by atoms with E-state index in [1.54, 1.807) is 6.33 Å². The topological polar surface area (TPSA) is 46.3 Å². The number of aromatic nitrogens is 4. The minimum absolute atomic E-state index is 0.758. The highest BCUT2D eigenvalue weighted by molar-refractivity contribution is 5.56. The molecule has 3 heterocycles. The van der Waals surface area contributed by atoms with Gasteiger partial charge in [0, 0.05) is 18.7 Å². The molecule has 0 N–H and O–H groups in total. The Kier molecular flexibility index (Phi) is 2.47. The van der Waals surface area contributed by atoms with Crippen LogP contribution in [-0.2, 0) is 12.8 Å². The van der Waals surface area contributed by atoms with Crippen LogP contribution >= 0.6 is 0 Å². The summed E-state index contributed by atoms with van der Waals surface area (Å²) in [5, 5.41) is 4.40. The number of nitrogens with zero attached hydrogens (tertiary/aromatic N) is 5. The predicted octanol–water partition coefficient (Wildman–Crippen LogP) is 1.85. The second-order valence-corrected chi connectivity index (χ2v) is 5.88. The smallest absolute Gasteiger partial charge is 0.254 e. The molecule has 1 fully saturated rings. The number of piperidine rings is 1. The maximum atomic E-state index is 4.65. The zero-order chi connectivity index (χ0) is 12.8. The SMILES string of the molecule is C[C@@H]1CCCN(c2c3c(nc4ncnn24)CCC3)C1. The zero-order valence-electron chi connectivity index (χ0n) is 11.3. The second-order valence-electron chi connectivity index (χ2n) is 5.88. The third kappa shape index (κ3) is 1.71. The molecule has 1 saturated heterocycles. The summed E-state index contributed by atoms with van der Waals surface area (Å²) in [6.07, 6.45) is 7.67. The van der Waals surface area contributed by atoms with Crippen LogP contribution < -0.4 is 4.90 Å². The lowest BCUT2D eigenvalue weighted by atomic mass is 10.00. The van der Waals surface area contributed by atoms with Gasteiger partial charge in [-0.1, -0.05) is 6.92 Å². The van der Waals surface area contributed by atoms with Gasteiger partial charge in [0.15, 0.2) is 0 Å². The maximum Gasteiger partial charge on any atom is 0.254 e. The largest absolute Gasteiger partial charge is 0.356 e. The van der Waals surface area contributed by atoms with Crippen LogP contribution in [0.25, 0.3) is 5.78 Å². The van der Waals surface area contributed by atoms with Crippen LogP contribution in [0.3, 0.4) is 0 Å². The van der Waals surface area contributed by atoms with E-state index < -0.39 is 0 Å². The van der Waals surface area contributed by atoms with E-state index >= 15 is 0 Å². The fraction of sp³-hybridized carbons (Fsp3) is 0.643. The Morgan fingerprint density at radius 1 is 1.26 bits per heavy atom. The van der Waals surface area contributed by atoms with Crippen LogP contribution in [0.5, 0.6) is 0 Å². The first-order valence-electron chi connectivity index (χ1n) is 7.29. The quantitative estimate of drug-likeness (QED) is 0.782. The van der Waals surface area contributed by atoms with Gasteiger partial charge in [-0.2, -0.15) is 14.6 Å². The number of rotatable bonds is 1. The summed E-state index contributed by atoms with van der Waals surface area (Å²) in [6, 6.07) is 0. The van der Waals surface area contributed by atoms with Gasteiger partial charge >= 0.3 is 0 Å². The summed E-state index contributed by atoms with van der Waals surface area (Å²) in [5.41, 5.74) is 2.65. The molecule has 1 aliphatic carbocycles. The Morgan fingerprint density at radius 2 is 2.21 bits per heavy atom. The molecular weight excluding hydrogens is 238 g/mol. The molecule has 2 aromatic heterocycles. The van der Waals surface area contributed by atoms with Crippen molar-refractivity contribution in [1.29, 1.82) is 0 Å². The molecular formula is C14H19N5. The summed E-state index contributed by atoms with van der Waals surface area (Å²) >= 11 is 0. The summed E-state index contributed by atoms with van der Waals surface area (Å²) in [5.74, 6) is 2.79. The van der Waals surface area contributed by atoms with Crippen LogP contribution in [0.2, 0.25) is 0 Å². The average molecular weight is 257 g/mol. The van der Waals surface area contributed by atoms with Gasteiger partial charge in [0.05, 0.1) is 5.69 Å². The van der Waals surface area contributed by atoms with Crippen LogP contribution in [0.15, 0.2) is 6.33 Å². The van der Waals surface area contributed by atoms with Crippen molar-refractivity contribution in [3.63, 3.8) is 0 Å². The molecule has 1 aliphatic heterocycles. The van der Waals surface area contributed by atoms with Gasteiger partial charge in [-0.25, -0.2) is 4.98 Å². The minimum atomic E-state index is 0.758. The second kappa shape index (κ2) is 4.18. The molecule has 2 aliphatic rings. The normalized spacial score (nSPS) is 23.0. The van der Waals surface area contributed by atoms with Crippen molar-refractivity contribution in [3.8, 4) is 0 Å². The summed E-state index contributed by atoms with van der Waals surface area (Å²) in [7, 11) is 0. The summed E-state index contributed by atoms with van der Waals surface area (Å²) in [6.45, 7) is 4.60. The van der Waals surface area contributed by atoms with Crippen molar-refractivity contribution in [2.75, 3.05) is 18.0 Å². The predicted molar refractivity (Wildman–Crippen MR) is 73.4 cm³/mol. The molecule has 0 aromatic carbocycles. The fourth-order valence-electron chi connectivity index (χ4n) is 3.51. The third-order valence-electron chi connectivity index (χ3n) is 4.38. The van der Waals surface area contributed by atoms with Crippen LogP contribution in [0.1, 0.15) is 37.4 Å². The van der Waals surface area contributed by atoms with E-state index in [4.69, 9.17) is 0 Å². The van der Waals surface area contributed by atoms with E-state index in [1.165, 1.54) is 36.3 Å². The van der Waals surface area contributed by atoms with E-state index in [2.05, 4.69) is 26.9 Å². The lowest BCUT2D eigenvalue weighted by molar-refractivity contribution is 0.442. The molecule has 19 heavy (non-hydrogen) atoms. The Bertz CT molecular complexity index is 618. The number of fused-ring (bicyclic) bond motifs is 2. The van der Waals surface area contributed by atoms with Gasteiger partial charge in [-0.3, -0.25) is 0 Å². The Labute approximate surface area is 112 Å². The molecule has 0 spiro atoms. The van der Waals surface area contributed by atoms with Crippen molar-refractivity contribution in [2.24, 2.45) is 5.92 Å².